The first-order valence-electron chi connectivity index (χ1n) is 6.87. The molecule has 1 rings (SSSR count). The van der Waals surface area contributed by atoms with Gasteiger partial charge in [-0.05, 0) is 29.7 Å². The van der Waals surface area contributed by atoms with Crippen LogP contribution in [0.1, 0.15) is 25.3 Å². The quantitative estimate of drug-likeness (QED) is 0.721. The van der Waals surface area contributed by atoms with Crippen LogP contribution in [0.15, 0.2) is 30.3 Å². The first kappa shape index (κ1) is 16.8. The molecule has 0 aliphatic heterocycles. The summed E-state index contributed by atoms with van der Waals surface area (Å²) >= 11 is 0. The van der Waals surface area contributed by atoms with Gasteiger partial charge in [0, 0.05) is 19.0 Å². The molecule has 5 nitrogen and oxygen atoms in total. The average molecular weight is 291 g/mol. The van der Waals surface area contributed by atoms with E-state index in [1.165, 1.54) is 6.08 Å². The third-order valence-electron chi connectivity index (χ3n) is 3.13. The molecule has 21 heavy (non-hydrogen) atoms. The van der Waals surface area contributed by atoms with E-state index in [0.717, 1.165) is 11.3 Å². The standard InChI is InChI=1S/C16H21NO4/c1-3-12(10-16(19)20)11-17-15(18)8-7-13-5-4-6-14(9-13)21-2/h4-9,12H,3,10-11H2,1-2H3,(H,17,18)(H,19,20)/b8-7+. The van der Waals surface area contributed by atoms with Crippen LogP contribution >= 0.6 is 0 Å². The van der Waals surface area contributed by atoms with Crippen LogP contribution in [0.5, 0.6) is 5.75 Å². The highest BCUT2D eigenvalue weighted by Gasteiger charge is 2.11. The van der Waals surface area contributed by atoms with E-state index in [4.69, 9.17) is 9.84 Å². The second-order valence-corrected chi connectivity index (χ2v) is 4.73. The first-order valence-corrected chi connectivity index (χ1v) is 6.87. The molecule has 1 unspecified atom stereocenters. The summed E-state index contributed by atoms with van der Waals surface area (Å²) in [6, 6.07) is 7.36. The third kappa shape index (κ3) is 6.61. The maximum atomic E-state index is 11.7. The van der Waals surface area contributed by atoms with Gasteiger partial charge in [-0.15, -0.1) is 0 Å². The van der Waals surface area contributed by atoms with Crippen LogP contribution in [0.3, 0.4) is 0 Å². The molecule has 0 saturated carbocycles. The number of ether oxygens (including phenoxy) is 1. The smallest absolute Gasteiger partial charge is 0.303 e. The maximum absolute atomic E-state index is 11.7. The summed E-state index contributed by atoms with van der Waals surface area (Å²) in [5.74, 6) is -0.397. The van der Waals surface area contributed by atoms with Crippen molar-refractivity contribution >= 4 is 18.0 Å². The second-order valence-electron chi connectivity index (χ2n) is 4.73. The van der Waals surface area contributed by atoms with Gasteiger partial charge in [0.15, 0.2) is 0 Å². The van der Waals surface area contributed by atoms with Gasteiger partial charge in [-0.25, -0.2) is 0 Å². The van der Waals surface area contributed by atoms with Crippen molar-refractivity contribution in [2.75, 3.05) is 13.7 Å². The molecule has 0 radical (unpaired) electrons. The number of rotatable bonds is 8. The Labute approximate surface area is 124 Å². The Morgan fingerprint density at radius 1 is 1.43 bits per heavy atom. The van der Waals surface area contributed by atoms with Crippen molar-refractivity contribution in [2.24, 2.45) is 5.92 Å². The number of aliphatic carboxylic acids is 1. The summed E-state index contributed by atoms with van der Waals surface area (Å²) < 4.78 is 5.10. The van der Waals surface area contributed by atoms with Crippen molar-refractivity contribution in [1.29, 1.82) is 0 Å². The molecule has 0 aliphatic carbocycles. The zero-order valence-electron chi connectivity index (χ0n) is 12.3. The lowest BCUT2D eigenvalue weighted by molar-refractivity contribution is -0.138. The molecule has 2 N–H and O–H groups in total. The molecule has 0 bridgehead atoms. The number of hydrogen-bond donors (Lipinski definition) is 2. The van der Waals surface area contributed by atoms with Crippen LogP contribution < -0.4 is 10.1 Å². The van der Waals surface area contributed by atoms with Gasteiger partial charge in [0.2, 0.25) is 5.91 Å². The lowest BCUT2D eigenvalue weighted by Gasteiger charge is -2.12. The molecule has 1 amide bonds. The summed E-state index contributed by atoms with van der Waals surface area (Å²) in [6.07, 6.45) is 3.90. The predicted octanol–water partition coefficient (Wildman–Crippen LogP) is 2.33. The average Bonchev–Trinajstić information content (AvgIpc) is 2.49. The third-order valence-corrected chi connectivity index (χ3v) is 3.13. The number of hydrogen-bond acceptors (Lipinski definition) is 3. The molecule has 0 spiro atoms. The molecule has 0 aliphatic rings. The molecular weight excluding hydrogens is 270 g/mol. The predicted molar refractivity (Wildman–Crippen MR) is 81.1 cm³/mol. The lowest BCUT2D eigenvalue weighted by Crippen LogP contribution is -2.28. The van der Waals surface area contributed by atoms with Crippen molar-refractivity contribution < 1.29 is 19.4 Å². The maximum Gasteiger partial charge on any atom is 0.303 e. The molecule has 0 fully saturated rings. The highest BCUT2D eigenvalue weighted by Crippen LogP contribution is 2.13. The SMILES string of the molecule is CCC(CNC(=O)/C=C/c1cccc(OC)c1)CC(=O)O. The Kier molecular flexibility index (Phi) is 7.01. The fraction of sp³-hybridized carbons (Fsp3) is 0.375. The Bertz CT molecular complexity index is 511. The second kappa shape index (κ2) is 8.79. The van der Waals surface area contributed by atoms with E-state index in [1.54, 1.807) is 13.2 Å². The summed E-state index contributed by atoms with van der Waals surface area (Å²) in [5, 5.41) is 11.5. The van der Waals surface area contributed by atoms with E-state index in [2.05, 4.69) is 5.32 Å². The molecule has 114 valence electrons. The van der Waals surface area contributed by atoms with Gasteiger partial charge in [0.05, 0.1) is 7.11 Å². The summed E-state index contributed by atoms with van der Waals surface area (Å²) in [4.78, 5) is 22.3. The Balaban J connectivity index is 2.48. The molecule has 0 heterocycles. The van der Waals surface area contributed by atoms with Crippen LogP contribution in [0, 0.1) is 5.92 Å². The molecule has 1 aromatic rings. The summed E-state index contributed by atoms with van der Waals surface area (Å²) in [6.45, 7) is 2.27. The summed E-state index contributed by atoms with van der Waals surface area (Å²) in [5.41, 5.74) is 0.863. The number of carbonyl (C=O) groups is 2. The Hall–Kier alpha value is -2.30. The van der Waals surface area contributed by atoms with Gasteiger partial charge in [0.25, 0.3) is 0 Å². The van der Waals surface area contributed by atoms with Crippen molar-refractivity contribution in [3.63, 3.8) is 0 Å². The Morgan fingerprint density at radius 2 is 2.19 bits per heavy atom. The van der Waals surface area contributed by atoms with Gasteiger partial charge < -0.3 is 15.2 Å². The number of carboxylic acids is 1. The van der Waals surface area contributed by atoms with Crippen molar-refractivity contribution in [2.45, 2.75) is 19.8 Å². The molecule has 1 atom stereocenters. The van der Waals surface area contributed by atoms with Gasteiger partial charge in [0.1, 0.15) is 5.75 Å². The van der Waals surface area contributed by atoms with Crippen molar-refractivity contribution in [3.8, 4) is 5.75 Å². The van der Waals surface area contributed by atoms with Crippen LogP contribution in [0.2, 0.25) is 0 Å². The lowest BCUT2D eigenvalue weighted by atomic mass is 10.0. The minimum Gasteiger partial charge on any atom is -0.497 e. The van der Waals surface area contributed by atoms with Gasteiger partial charge in [-0.3, -0.25) is 9.59 Å². The van der Waals surface area contributed by atoms with Crippen molar-refractivity contribution in [3.05, 3.63) is 35.9 Å². The fourth-order valence-corrected chi connectivity index (χ4v) is 1.83. The van der Waals surface area contributed by atoms with Crippen LogP contribution in [-0.2, 0) is 9.59 Å². The number of carbonyl (C=O) groups excluding carboxylic acids is 1. The van der Waals surface area contributed by atoms with Gasteiger partial charge >= 0.3 is 5.97 Å². The minimum absolute atomic E-state index is 0.0448. The molecule has 0 aromatic heterocycles. The van der Waals surface area contributed by atoms with Crippen molar-refractivity contribution in [1.82, 2.24) is 5.32 Å². The number of carboxylic acid groups (broad SMARTS) is 1. The normalized spacial score (nSPS) is 12.1. The zero-order valence-corrected chi connectivity index (χ0v) is 12.3. The number of benzene rings is 1. The minimum atomic E-state index is -0.844. The van der Waals surface area contributed by atoms with E-state index in [1.807, 2.05) is 31.2 Å². The number of methoxy groups -OCH3 is 1. The van der Waals surface area contributed by atoms with Crippen LogP contribution in [0.25, 0.3) is 6.08 Å². The first-order chi connectivity index (χ1) is 10.0. The largest absolute Gasteiger partial charge is 0.497 e. The zero-order chi connectivity index (χ0) is 15.7. The van der Waals surface area contributed by atoms with Gasteiger partial charge in [-0.2, -0.15) is 0 Å². The van der Waals surface area contributed by atoms with E-state index in [-0.39, 0.29) is 18.2 Å². The molecule has 1 aromatic carbocycles. The summed E-state index contributed by atoms with van der Waals surface area (Å²) in [7, 11) is 1.59. The molecular formula is C16H21NO4. The highest BCUT2D eigenvalue weighted by molar-refractivity contribution is 5.91. The van der Waals surface area contributed by atoms with Crippen LogP contribution in [0.4, 0.5) is 0 Å². The van der Waals surface area contributed by atoms with E-state index < -0.39 is 5.97 Å². The topological polar surface area (TPSA) is 75.6 Å². The van der Waals surface area contributed by atoms with E-state index >= 15 is 0 Å². The number of nitrogens with one attached hydrogen (secondary N) is 1. The Morgan fingerprint density at radius 3 is 2.81 bits per heavy atom. The van der Waals surface area contributed by atoms with E-state index in [0.29, 0.717) is 13.0 Å². The number of amides is 1. The highest BCUT2D eigenvalue weighted by atomic mass is 16.5. The monoisotopic (exact) mass is 291 g/mol. The van der Waals surface area contributed by atoms with Crippen LogP contribution in [-0.4, -0.2) is 30.6 Å². The van der Waals surface area contributed by atoms with Gasteiger partial charge in [-0.1, -0.05) is 25.5 Å². The molecule has 5 heteroatoms. The molecule has 0 saturated heterocycles. The fourth-order valence-electron chi connectivity index (χ4n) is 1.83. The van der Waals surface area contributed by atoms with E-state index in [9.17, 15) is 9.59 Å².